The lowest BCUT2D eigenvalue weighted by Gasteiger charge is -2.25. The lowest BCUT2D eigenvalue weighted by molar-refractivity contribution is -0.156. The Hall–Kier alpha value is -1.55. The average molecular weight is 277 g/mol. The maximum atomic E-state index is 12.4. The number of rotatable bonds is 6. The summed E-state index contributed by atoms with van der Waals surface area (Å²) in [5.41, 5.74) is 0.665. The van der Waals surface area contributed by atoms with Gasteiger partial charge in [-0.1, -0.05) is 25.5 Å². The van der Waals surface area contributed by atoms with Gasteiger partial charge in [0.05, 0.1) is 12.5 Å². The summed E-state index contributed by atoms with van der Waals surface area (Å²) in [4.78, 5) is 12.4. The van der Waals surface area contributed by atoms with Crippen molar-refractivity contribution in [3.8, 4) is 5.75 Å². The quantitative estimate of drug-likeness (QED) is 0.812. The van der Waals surface area contributed by atoms with Crippen molar-refractivity contribution >= 4 is 5.97 Å². The third kappa shape index (κ3) is 3.31. The summed E-state index contributed by atoms with van der Waals surface area (Å²) in [6, 6.07) is 7.60. The van der Waals surface area contributed by atoms with E-state index in [0.717, 1.165) is 43.7 Å². The molecular weight excluding hydrogens is 254 g/mol. The first-order chi connectivity index (χ1) is 9.70. The molecule has 0 radical (unpaired) electrons. The molecule has 1 atom stereocenters. The van der Waals surface area contributed by atoms with Crippen LogP contribution in [0.5, 0.6) is 5.75 Å². The zero-order valence-electron chi connectivity index (χ0n) is 12.3. The lowest BCUT2D eigenvalue weighted by Crippen LogP contribution is -2.35. The monoisotopic (exact) mass is 277 g/mol. The Balaban J connectivity index is 1.93. The molecule has 1 aliphatic heterocycles. The fourth-order valence-corrected chi connectivity index (χ4v) is 2.74. The van der Waals surface area contributed by atoms with E-state index in [1.165, 1.54) is 0 Å². The average Bonchev–Trinajstić information content (AvgIpc) is 2.95. The molecule has 0 spiro atoms. The molecule has 2 rings (SSSR count). The second kappa shape index (κ2) is 6.75. The second-order valence-corrected chi connectivity index (χ2v) is 5.38. The summed E-state index contributed by atoms with van der Waals surface area (Å²) in [6.45, 7) is 4.07. The van der Waals surface area contributed by atoms with Gasteiger partial charge in [-0.25, -0.2) is 0 Å². The predicted molar refractivity (Wildman–Crippen MR) is 77.6 cm³/mol. The standard InChI is InChI=1S/C16H23NO3/c1-3-8-16(9-10-17-12-16)15(18)20-11-13-4-6-14(19-2)7-5-13/h4-7,17H,3,8-12H2,1-2H3. The normalized spacial score (nSPS) is 21.7. The number of methoxy groups -OCH3 is 1. The van der Waals surface area contributed by atoms with Gasteiger partial charge in [-0.2, -0.15) is 0 Å². The largest absolute Gasteiger partial charge is 0.497 e. The molecule has 1 aliphatic rings. The van der Waals surface area contributed by atoms with Gasteiger partial charge in [0.15, 0.2) is 0 Å². The number of benzene rings is 1. The fraction of sp³-hybridized carbons (Fsp3) is 0.562. The van der Waals surface area contributed by atoms with Gasteiger partial charge in [-0.3, -0.25) is 4.79 Å². The third-order valence-electron chi connectivity index (χ3n) is 3.93. The van der Waals surface area contributed by atoms with Gasteiger partial charge in [0.1, 0.15) is 12.4 Å². The smallest absolute Gasteiger partial charge is 0.313 e. The van der Waals surface area contributed by atoms with Crippen molar-refractivity contribution in [2.45, 2.75) is 32.8 Å². The molecule has 1 aromatic carbocycles. The molecular formula is C16H23NO3. The molecule has 1 heterocycles. The SMILES string of the molecule is CCCC1(C(=O)OCc2ccc(OC)cc2)CCNC1. The van der Waals surface area contributed by atoms with Gasteiger partial charge in [-0.15, -0.1) is 0 Å². The highest BCUT2D eigenvalue weighted by atomic mass is 16.5. The van der Waals surface area contributed by atoms with Crippen molar-refractivity contribution in [1.82, 2.24) is 5.32 Å². The number of carbonyl (C=O) groups excluding carboxylic acids is 1. The first kappa shape index (κ1) is 14.9. The summed E-state index contributed by atoms with van der Waals surface area (Å²) in [5.74, 6) is 0.739. The van der Waals surface area contributed by atoms with Crippen LogP contribution in [0.25, 0.3) is 0 Å². The van der Waals surface area contributed by atoms with Crippen LogP contribution in [0, 0.1) is 5.41 Å². The van der Waals surface area contributed by atoms with Crippen LogP contribution in [0.4, 0.5) is 0 Å². The van der Waals surface area contributed by atoms with Gasteiger partial charge < -0.3 is 14.8 Å². The Bertz CT molecular complexity index is 436. The van der Waals surface area contributed by atoms with Crippen molar-refractivity contribution < 1.29 is 14.3 Å². The molecule has 1 saturated heterocycles. The van der Waals surface area contributed by atoms with Crippen molar-refractivity contribution in [1.29, 1.82) is 0 Å². The molecule has 20 heavy (non-hydrogen) atoms. The highest BCUT2D eigenvalue weighted by Crippen LogP contribution is 2.32. The number of carbonyl (C=O) groups is 1. The van der Waals surface area contributed by atoms with E-state index in [9.17, 15) is 4.79 Å². The Kier molecular flexibility index (Phi) is 5.01. The minimum absolute atomic E-state index is 0.0693. The lowest BCUT2D eigenvalue weighted by atomic mass is 9.82. The van der Waals surface area contributed by atoms with Crippen molar-refractivity contribution in [2.75, 3.05) is 20.2 Å². The zero-order valence-corrected chi connectivity index (χ0v) is 12.3. The van der Waals surface area contributed by atoms with Crippen molar-refractivity contribution in [3.05, 3.63) is 29.8 Å². The number of hydrogen-bond acceptors (Lipinski definition) is 4. The summed E-state index contributed by atoms with van der Waals surface area (Å²) in [5, 5.41) is 3.27. The van der Waals surface area contributed by atoms with E-state index in [2.05, 4.69) is 12.2 Å². The number of ether oxygens (including phenoxy) is 2. The molecule has 110 valence electrons. The van der Waals surface area contributed by atoms with Crippen LogP contribution in [0.3, 0.4) is 0 Å². The van der Waals surface area contributed by atoms with Crippen LogP contribution < -0.4 is 10.1 Å². The van der Waals surface area contributed by atoms with Crippen molar-refractivity contribution in [3.63, 3.8) is 0 Å². The summed E-state index contributed by atoms with van der Waals surface area (Å²) in [7, 11) is 1.64. The fourth-order valence-electron chi connectivity index (χ4n) is 2.74. The van der Waals surface area contributed by atoms with E-state index in [0.29, 0.717) is 6.61 Å². The van der Waals surface area contributed by atoms with E-state index in [4.69, 9.17) is 9.47 Å². The molecule has 4 nitrogen and oxygen atoms in total. The van der Waals surface area contributed by atoms with Crippen LogP contribution in [-0.4, -0.2) is 26.2 Å². The van der Waals surface area contributed by atoms with Gasteiger partial charge >= 0.3 is 5.97 Å². The minimum Gasteiger partial charge on any atom is -0.497 e. The summed E-state index contributed by atoms with van der Waals surface area (Å²) >= 11 is 0. The number of esters is 1. The van der Waals surface area contributed by atoms with Gasteiger partial charge in [0.25, 0.3) is 0 Å². The van der Waals surface area contributed by atoms with Crippen LogP contribution in [0.1, 0.15) is 31.7 Å². The van der Waals surface area contributed by atoms with E-state index in [1.54, 1.807) is 7.11 Å². The predicted octanol–water partition coefficient (Wildman–Crippen LogP) is 2.52. The minimum atomic E-state index is -0.318. The van der Waals surface area contributed by atoms with Crippen LogP contribution in [0.2, 0.25) is 0 Å². The topological polar surface area (TPSA) is 47.6 Å². The van der Waals surface area contributed by atoms with E-state index < -0.39 is 0 Å². The molecule has 1 aromatic rings. The Labute approximate surface area is 120 Å². The van der Waals surface area contributed by atoms with E-state index in [-0.39, 0.29) is 11.4 Å². The highest BCUT2D eigenvalue weighted by Gasteiger charge is 2.41. The molecule has 0 amide bonds. The summed E-state index contributed by atoms with van der Waals surface area (Å²) < 4.78 is 10.6. The summed E-state index contributed by atoms with van der Waals surface area (Å²) in [6.07, 6.45) is 2.77. The maximum absolute atomic E-state index is 12.4. The van der Waals surface area contributed by atoms with E-state index >= 15 is 0 Å². The molecule has 1 N–H and O–H groups in total. The Morgan fingerprint density at radius 2 is 2.10 bits per heavy atom. The molecule has 1 fully saturated rings. The second-order valence-electron chi connectivity index (χ2n) is 5.38. The molecule has 0 saturated carbocycles. The molecule has 0 aromatic heterocycles. The molecule has 0 aliphatic carbocycles. The third-order valence-corrected chi connectivity index (χ3v) is 3.93. The first-order valence-corrected chi connectivity index (χ1v) is 7.21. The number of nitrogens with one attached hydrogen (secondary N) is 1. The highest BCUT2D eigenvalue weighted by molar-refractivity contribution is 5.77. The van der Waals surface area contributed by atoms with Crippen LogP contribution in [0.15, 0.2) is 24.3 Å². The maximum Gasteiger partial charge on any atom is 0.313 e. The van der Waals surface area contributed by atoms with Gasteiger partial charge in [-0.05, 0) is 37.1 Å². The molecule has 0 bridgehead atoms. The van der Waals surface area contributed by atoms with Crippen LogP contribution >= 0.6 is 0 Å². The Morgan fingerprint density at radius 3 is 2.65 bits per heavy atom. The van der Waals surface area contributed by atoms with Gasteiger partial charge in [0.2, 0.25) is 0 Å². The van der Waals surface area contributed by atoms with Crippen LogP contribution in [-0.2, 0) is 16.1 Å². The molecule has 4 heteroatoms. The first-order valence-electron chi connectivity index (χ1n) is 7.21. The van der Waals surface area contributed by atoms with Gasteiger partial charge in [0, 0.05) is 6.54 Å². The Morgan fingerprint density at radius 1 is 1.35 bits per heavy atom. The zero-order chi connectivity index (χ0) is 14.4. The molecule has 1 unspecified atom stereocenters. The number of hydrogen-bond donors (Lipinski definition) is 1. The van der Waals surface area contributed by atoms with Crippen molar-refractivity contribution in [2.24, 2.45) is 5.41 Å². The van der Waals surface area contributed by atoms with E-state index in [1.807, 2.05) is 24.3 Å².